The second kappa shape index (κ2) is 8.19. The Kier molecular flexibility index (Phi) is 6.00. The van der Waals surface area contributed by atoms with Gasteiger partial charge in [-0.25, -0.2) is 0 Å². The Morgan fingerprint density at radius 2 is 1.87 bits per heavy atom. The summed E-state index contributed by atoms with van der Waals surface area (Å²) in [5, 5.41) is 14.7. The molecule has 0 saturated carbocycles. The topological polar surface area (TPSA) is 70.6 Å². The van der Waals surface area contributed by atoms with E-state index < -0.39 is 12.5 Å². The Hall–Kier alpha value is -2.53. The normalized spacial score (nSPS) is 10.4. The average molecular weight is 314 g/mol. The van der Waals surface area contributed by atoms with Crippen LogP contribution in [0, 0.1) is 0 Å². The monoisotopic (exact) mass is 314 g/mol. The molecule has 23 heavy (non-hydrogen) atoms. The summed E-state index contributed by atoms with van der Waals surface area (Å²) in [6.07, 6.45) is 0.144. The van der Waals surface area contributed by atoms with Gasteiger partial charge in [-0.3, -0.25) is 4.79 Å². The maximum Gasteiger partial charge on any atom is 0.250 e. The van der Waals surface area contributed by atoms with Crippen molar-refractivity contribution in [1.82, 2.24) is 0 Å². The number of ether oxygens (including phenoxy) is 1. The van der Waals surface area contributed by atoms with Gasteiger partial charge in [0.1, 0.15) is 12.4 Å². The molecule has 5 nitrogen and oxygen atoms in total. The lowest BCUT2D eigenvalue weighted by Gasteiger charge is -2.12. The van der Waals surface area contributed by atoms with Gasteiger partial charge in [0, 0.05) is 17.9 Å². The molecule has 0 aromatic heterocycles. The standard InChI is InChI=1S/C18H22N2O3/c1-13(2)23-17-8-3-5-14(9-17)11-19-15-6-4-7-16(10-15)20-18(22)12-21/h3-10,13,19,21H,11-12H2,1-2H3,(H,20,22). The lowest BCUT2D eigenvalue weighted by Crippen LogP contribution is -2.15. The number of amides is 1. The van der Waals surface area contributed by atoms with Crippen LogP contribution in [0.15, 0.2) is 48.5 Å². The van der Waals surface area contributed by atoms with Crippen LogP contribution in [-0.4, -0.2) is 23.7 Å². The zero-order valence-electron chi connectivity index (χ0n) is 13.4. The van der Waals surface area contributed by atoms with Gasteiger partial charge in [-0.15, -0.1) is 0 Å². The minimum absolute atomic E-state index is 0.144. The van der Waals surface area contributed by atoms with Crippen molar-refractivity contribution in [2.75, 3.05) is 17.2 Å². The molecule has 122 valence electrons. The predicted molar refractivity (Wildman–Crippen MR) is 91.7 cm³/mol. The van der Waals surface area contributed by atoms with Gasteiger partial charge in [0.05, 0.1) is 6.10 Å². The number of aliphatic hydroxyl groups is 1. The third kappa shape index (κ3) is 5.64. The van der Waals surface area contributed by atoms with Gasteiger partial charge in [-0.05, 0) is 49.7 Å². The Morgan fingerprint density at radius 1 is 1.13 bits per heavy atom. The molecule has 0 radical (unpaired) electrons. The predicted octanol–water partition coefficient (Wildman–Crippen LogP) is 3.02. The van der Waals surface area contributed by atoms with E-state index >= 15 is 0 Å². The first-order valence-corrected chi connectivity index (χ1v) is 7.57. The van der Waals surface area contributed by atoms with Gasteiger partial charge in [0.15, 0.2) is 0 Å². The van der Waals surface area contributed by atoms with E-state index in [1.807, 2.05) is 56.3 Å². The first-order chi connectivity index (χ1) is 11.1. The molecule has 3 N–H and O–H groups in total. The van der Waals surface area contributed by atoms with Gasteiger partial charge in [-0.2, -0.15) is 0 Å². The summed E-state index contributed by atoms with van der Waals surface area (Å²) < 4.78 is 5.68. The van der Waals surface area contributed by atoms with E-state index in [2.05, 4.69) is 10.6 Å². The zero-order chi connectivity index (χ0) is 16.7. The van der Waals surface area contributed by atoms with Crippen LogP contribution in [0.5, 0.6) is 5.75 Å². The molecule has 5 heteroatoms. The molecule has 2 aromatic carbocycles. The molecular formula is C18H22N2O3. The Morgan fingerprint density at radius 3 is 2.61 bits per heavy atom. The summed E-state index contributed by atoms with van der Waals surface area (Å²) in [4.78, 5) is 11.2. The van der Waals surface area contributed by atoms with E-state index in [0.29, 0.717) is 12.2 Å². The summed E-state index contributed by atoms with van der Waals surface area (Å²) in [6.45, 7) is 4.11. The van der Waals surface area contributed by atoms with Crippen LogP contribution in [0.25, 0.3) is 0 Å². The van der Waals surface area contributed by atoms with Crippen LogP contribution in [0.1, 0.15) is 19.4 Å². The van der Waals surface area contributed by atoms with Crippen LogP contribution in [0.3, 0.4) is 0 Å². The number of hydrogen-bond acceptors (Lipinski definition) is 4. The first kappa shape index (κ1) is 16.8. The van der Waals surface area contributed by atoms with Crippen LogP contribution >= 0.6 is 0 Å². The van der Waals surface area contributed by atoms with Crippen molar-refractivity contribution < 1.29 is 14.6 Å². The number of nitrogens with one attached hydrogen (secondary N) is 2. The fourth-order valence-electron chi connectivity index (χ4n) is 2.11. The Labute approximate surface area is 136 Å². The van der Waals surface area contributed by atoms with Crippen molar-refractivity contribution in [2.45, 2.75) is 26.5 Å². The highest BCUT2D eigenvalue weighted by Crippen LogP contribution is 2.18. The highest BCUT2D eigenvalue weighted by Gasteiger charge is 2.02. The summed E-state index contributed by atoms with van der Waals surface area (Å²) in [5.41, 5.74) is 2.63. The van der Waals surface area contributed by atoms with E-state index in [1.165, 1.54) is 0 Å². The van der Waals surface area contributed by atoms with E-state index in [-0.39, 0.29) is 6.10 Å². The number of aliphatic hydroxyl groups excluding tert-OH is 1. The quantitative estimate of drug-likeness (QED) is 0.735. The van der Waals surface area contributed by atoms with E-state index in [4.69, 9.17) is 9.84 Å². The Balaban J connectivity index is 1.98. The van der Waals surface area contributed by atoms with Gasteiger partial charge < -0.3 is 20.5 Å². The summed E-state index contributed by atoms with van der Waals surface area (Å²) in [7, 11) is 0. The van der Waals surface area contributed by atoms with Crippen LogP contribution in [-0.2, 0) is 11.3 Å². The molecule has 2 aromatic rings. The number of carbonyl (C=O) groups is 1. The number of carbonyl (C=O) groups excluding carboxylic acids is 1. The van der Waals surface area contributed by atoms with Crippen molar-refractivity contribution in [1.29, 1.82) is 0 Å². The number of hydrogen-bond donors (Lipinski definition) is 3. The third-order valence-corrected chi connectivity index (χ3v) is 3.06. The maximum atomic E-state index is 11.2. The summed E-state index contributed by atoms with van der Waals surface area (Å²) in [6, 6.07) is 15.3. The molecule has 0 aliphatic carbocycles. The van der Waals surface area contributed by atoms with Crippen molar-refractivity contribution in [3.63, 3.8) is 0 Å². The number of benzene rings is 2. The SMILES string of the molecule is CC(C)Oc1cccc(CNc2cccc(NC(=O)CO)c2)c1. The molecule has 0 aliphatic heterocycles. The van der Waals surface area contributed by atoms with E-state index in [9.17, 15) is 4.79 Å². The third-order valence-electron chi connectivity index (χ3n) is 3.06. The van der Waals surface area contributed by atoms with Gasteiger partial charge >= 0.3 is 0 Å². The lowest BCUT2D eigenvalue weighted by atomic mass is 10.2. The molecule has 0 unspecified atom stereocenters. The van der Waals surface area contributed by atoms with E-state index in [0.717, 1.165) is 17.0 Å². The highest BCUT2D eigenvalue weighted by molar-refractivity contribution is 5.91. The minimum Gasteiger partial charge on any atom is -0.491 e. The molecule has 0 atom stereocenters. The van der Waals surface area contributed by atoms with Gasteiger partial charge in [-0.1, -0.05) is 18.2 Å². The first-order valence-electron chi connectivity index (χ1n) is 7.57. The smallest absolute Gasteiger partial charge is 0.250 e. The minimum atomic E-state index is -0.527. The second-order valence-electron chi connectivity index (χ2n) is 5.45. The lowest BCUT2D eigenvalue weighted by molar-refractivity contribution is -0.118. The van der Waals surface area contributed by atoms with Crippen LogP contribution in [0.2, 0.25) is 0 Å². The molecule has 0 aliphatic rings. The van der Waals surface area contributed by atoms with Crippen LogP contribution in [0.4, 0.5) is 11.4 Å². The Bertz CT molecular complexity index is 656. The number of anilines is 2. The fraction of sp³-hybridized carbons (Fsp3) is 0.278. The van der Waals surface area contributed by atoms with Crippen molar-refractivity contribution in [3.8, 4) is 5.75 Å². The largest absolute Gasteiger partial charge is 0.491 e. The van der Waals surface area contributed by atoms with Crippen molar-refractivity contribution in [2.24, 2.45) is 0 Å². The molecule has 0 heterocycles. The molecule has 1 amide bonds. The summed E-state index contributed by atoms with van der Waals surface area (Å²) >= 11 is 0. The van der Waals surface area contributed by atoms with Gasteiger partial charge in [0.2, 0.25) is 5.91 Å². The molecule has 0 fully saturated rings. The fourth-order valence-corrected chi connectivity index (χ4v) is 2.11. The van der Waals surface area contributed by atoms with Gasteiger partial charge in [0.25, 0.3) is 0 Å². The second-order valence-corrected chi connectivity index (χ2v) is 5.45. The zero-order valence-corrected chi connectivity index (χ0v) is 13.4. The average Bonchev–Trinajstić information content (AvgIpc) is 2.53. The highest BCUT2D eigenvalue weighted by atomic mass is 16.5. The van der Waals surface area contributed by atoms with Crippen LogP contribution < -0.4 is 15.4 Å². The maximum absolute atomic E-state index is 11.2. The molecule has 2 rings (SSSR count). The number of rotatable bonds is 7. The van der Waals surface area contributed by atoms with Crippen molar-refractivity contribution in [3.05, 3.63) is 54.1 Å². The molecule has 0 spiro atoms. The summed E-state index contributed by atoms with van der Waals surface area (Å²) in [5.74, 6) is 0.420. The molecular weight excluding hydrogens is 292 g/mol. The molecule has 0 saturated heterocycles. The molecule has 0 bridgehead atoms. The van der Waals surface area contributed by atoms with E-state index in [1.54, 1.807) is 6.07 Å². The van der Waals surface area contributed by atoms with Crippen molar-refractivity contribution >= 4 is 17.3 Å².